The Morgan fingerprint density at radius 3 is 1.44 bits per heavy atom. The van der Waals surface area contributed by atoms with Crippen LogP contribution in [0.5, 0.6) is 0 Å². The normalized spacial score (nSPS) is 11.2. The predicted octanol–water partition coefficient (Wildman–Crippen LogP) is 0.242. The number of fused-ring (bicyclic) bond motifs is 2. The molecule has 0 atom stereocenters. The van der Waals surface area contributed by atoms with E-state index in [9.17, 15) is 0 Å². The van der Waals surface area contributed by atoms with E-state index in [0.29, 0.717) is 14.5 Å². The Hall–Kier alpha value is -1.82. The topological polar surface area (TPSA) is 92.2 Å². The van der Waals surface area contributed by atoms with Crippen molar-refractivity contribution in [2.75, 3.05) is 0 Å². The van der Waals surface area contributed by atoms with Gasteiger partial charge in [0.1, 0.15) is 0 Å². The quantitative estimate of drug-likeness (QED) is 0.326. The van der Waals surface area contributed by atoms with Gasteiger partial charge in [0.15, 0.2) is 0 Å². The third-order valence-corrected chi connectivity index (χ3v) is 6.01. The van der Waals surface area contributed by atoms with Gasteiger partial charge >= 0.3 is 124 Å². The van der Waals surface area contributed by atoms with E-state index in [4.69, 9.17) is 18.6 Å². The van der Waals surface area contributed by atoms with Gasteiger partial charge in [-0.05, 0) is 0 Å². The molecular formula is C19H13ClO4Se. The zero-order valence-electron chi connectivity index (χ0n) is 12.9. The molecule has 25 heavy (non-hydrogen) atoms. The van der Waals surface area contributed by atoms with Crippen LogP contribution in [0, 0.1) is 10.2 Å². The number of benzene rings is 3. The molecule has 0 aliphatic carbocycles. The second-order valence-electron chi connectivity index (χ2n) is 5.21. The molecule has 6 heteroatoms. The van der Waals surface area contributed by atoms with Crippen LogP contribution >= 0.6 is 0 Å². The monoisotopic (exact) mass is 420 g/mol. The summed E-state index contributed by atoms with van der Waals surface area (Å²) in [5.41, 5.74) is 2.69. The summed E-state index contributed by atoms with van der Waals surface area (Å²) >= 11 is 0.408. The molecule has 1 aromatic heterocycles. The molecule has 126 valence electrons. The fraction of sp³-hybridized carbons (Fsp3) is 0. The molecule has 0 unspecified atom stereocenters. The molecule has 4 rings (SSSR count). The van der Waals surface area contributed by atoms with Crippen LogP contribution in [-0.4, -0.2) is 14.5 Å². The SMILES string of the molecule is [O-][Cl+3]([O-])([O-])[O-].c1ccc(-c2c3ccccc3[se+]c3ccccc23)cc1. The Balaban J connectivity index is 0.000000324. The van der Waals surface area contributed by atoms with E-state index in [1.54, 1.807) is 0 Å². The molecule has 0 radical (unpaired) electrons. The van der Waals surface area contributed by atoms with Crippen molar-refractivity contribution in [1.82, 2.24) is 0 Å². The van der Waals surface area contributed by atoms with E-state index in [1.165, 1.54) is 30.4 Å². The summed E-state index contributed by atoms with van der Waals surface area (Å²) in [5, 5.41) is 2.80. The van der Waals surface area contributed by atoms with E-state index in [2.05, 4.69) is 78.9 Å². The maximum absolute atomic E-state index is 8.49. The minimum atomic E-state index is -4.94. The van der Waals surface area contributed by atoms with E-state index in [1.807, 2.05) is 0 Å². The van der Waals surface area contributed by atoms with Gasteiger partial charge in [-0.1, -0.05) is 0 Å². The van der Waals surface area contributed by atoms with Gasteiger partial charge in [0.2, 0.25) is 0 Å². The molecule has 0 fully saturated rings. The number of hydrogen-bond donors (Lipinski definition) is 0. The molecule has 3 aromatic carbocycles. The Kier molecular flexibility index (Phi) is 5.47. The van der Waals surface area contributed by atoms with E-state index >= 15 is 0 Å². The summed E-state index contributed by atoms with van der Waals surface area (Å²) < 4.78 is 36.9. The average molecular weight is 420 g/mol. The molecule has 0 aliphatic rings. The maximum atomic E-state index is 8.49. The van der Waals surface area contributed by atoms with Gasteiger partial charge in [0.25, 0.3) is 0 Å². The Labute approximate surface area is 152 Å². The summed E-state index contributed by atoms with van der Waals surface area (Å²) in [7, 11) is -4.94. The summed E-state index contributed by atoms with van der Waals surface area (Å²) in [4.78, 5) is 0. The van der Waals surface area contributed by atoms with Crippen molar-refractivity contribution < 1.29 is 28.9 Å². The summed E-state index contributed by atoms with van der Waals surface area (Å²) in [6.07, 6.45) is 0. The molecule has 0 bridgehead atoms. The summed E-state index contributed by atoms with van der Waals surface area (Å²) in [6, 6.07) is 28.4. The zero-order chi connectivity index (χ0) is 17.9. The Morgan fingerprint density at radius 2 is 0.960 bits per heavy atom. The molecule has 4 nitrogen and oxygen atoms in total. The van der Waals surface area contributed by atoms with E-state index < -0.39 is 10.2 Å². The van der Waals surface area contributed by atoms with Crippen molar-refractivity contribution >= 4 is 33.8 Å². The molecule has 0 spiro atoms. The summed E-state index contributed by atoms with van der Waals surface area (Å²) in [6.45, 7) is 0. The van der Waals surface area contributed by atoms with Crippen LogP contribution in [0.2, 0.25) is 0 Å². The third kappa shape index (κ3) is 4.63. The van der Waals surface area contributed by atoms with Crippen molar-refractivity contribution in [3.05, 3.63) is 78.9 Å². The van der Waals surface area contributed by atoms with Crippen LogP contribution in [0.15, 0.2) is 78.9 Å². The van der Waals surface area contributed by atoms with E-state index in [0.717, 1.165) is 0 Å². The summed E-state index contributed by atoms with van der Waals surface area (Å²) in [5.74, 6) is 0. The van der Waals surface area contributed by atoms with Crippen molar-refractivity contribution in [3.63, 3.8) is 0 Å². The first-order chi connectivity index (χ1) is 11.9. The molecule has 0 saturated heterocycles. The third-order valence-electron chi connectivity index (χ3n) is 3.60. The van der Waals surface area contributed by atoms with Gasteiger partial charge in [-0.3, -0.25) is 0 Å². The number of rotatable bonds is 1. The molecule has 4 aromatic rings. The zero-order valence-corrected chi connectivity index (χ0v) is 15.4. The fourth-order valence-electron chi connectivity index (χ4n) is 2.70. The molecule has 0 aliphatic heterocycles. The van der Waals surface area contributed by atoms with Gasteiger partial charge in [0, 0.05) is 0 Å². The Bertz CT molecular complexity index is 940. The average Bonchev–Trinajstić information content (AvgIpc) is 2.59. The van der Waals surface area contributed by atoms with Gasteiger partial charge < -0.3 is 0 Å². The van der Waals surface area contributed by atoms with Gasteiger partial charge in [-0.15, -0.1) is 10.2 Å². The van der Waals surface area contributed by atoms with Crippen LogP contribution in [-0.2, 0) is 0 Å². The number of halogens is 1. The van der Waals surface area contributed by atoms with Crippen molar-refractivity contribution in [2.24, 2.45) is 0 Å². The Morgan fingerprint density at radius 1 is 0.560 bits per heavy atom. The second kappa shape index (κ2) is 7.60. The first-order valence-electron chi connectivity index (χ1n) is 7.34. The molecule has 0 saturated carbocycles. The van der Waals surface area contributed by atoms with Crippen LogP contribution in [0.3, 0.4) is 0 Å². The van der Waals surface area contributed by atoms with Crippen molar-refractivity contribution in [1.29, 1.82) is 0 Å². The fourth-order valence-corrected chi connectivity index (χ4v) is 4.99. The van der Waals surface area contributed by atoms with Gasteiger partial charge in [-0.25, -0.2) is 18.6 Å². The molecule has 1 heterocycles. The van der Waals surface area contributed by atoms with Crippen molar-refractivity contribution in [2.45, 2.75) is 0 Å². The van der Waals surface area contributed by atoms with Crippen LogP contribution in [0.4, 0.5) is 0 Å². The number of hydrogen-bond acceptors (Lipinski definition) is 4. The van der Waals surface area contributed by atoms with Gasteiger partial charge in [0.05, 0.1) is 0 Å². The second-order valence-corrected chi connectivity index (χ2v) is 8.24. The minimum absolute atomic E-state index is 0.408. The van der Waals surface area contributed by atoms with Gasteiger partial charge in [-0.2, -0.15) is 0 Å². The van der Waals surface area contributed by atoms with Crippen molar-refractivity contribution in [3.8, 4) is 11.1 Å². The standard InChI is InChI=1S/C19H13Se.ClHO4/c1-2-8-14(9-3-1)19-15-10-4-6-12-17(15)20-18-13-7-5-11-16(18)19;2-1(3,4)5/h1-13H;(H,2,3,4,5)/q+1;/p-1. The first-order valence-corrected chi connectivity index (χ1v) is 10.3. The molecular weight excluding hydrogens is 407 g/mol. The van der Waals surface area contributed by atoms with Crippen LogP contribution in [0.1, 0.15) is 0 Å². The molecule has 0 amide bonds. The van der Waals surface area contributed by atoms with Crippen LogP contribution < -0.4 is 18.6 Å². The molecule has 0 N–H and O–H groups in total. The predicted molar refractivity (Wildman–Crippen MR) is 88.2 cm³/mol. The first kappa shape index (κ1) is 18.0. The van der Waals surface area contributed by atoms with Crippen LogP contribution in [0.25, 0.3) is 30.4 Å². The van der Waals surface area contributed by atoms with E-state index in [-0.39, 0.29) is 0 Å².